The first-order valence-electron chi connectivity index (χ1n) is 5.16. The Balaban J connectivity index is 2.80. The molecule has 0 aliphatic carbocycles. The van der Waals surface area contributed by atoms with Crippen LogP contribution in [0.1, 0.15) is 20.8 Å². The van der Waals surface area contributed by atoms with Crippen molar-refractivity contribution in [3.63, 3.8) is 0 Å². The summed E-state index contributed by atoms with van der Waals surface area (Å²) >= 11 is 0. The minimum absolute atomic E-state index is 0.0109. The molecule has 2 nitrogen and oxygen atoms in total. The topological polar surface area (TPSA) is 38.0 Å². The van der Waals surface area contributed by atoms with Crippen LogP contribution in [0, 0.1) is 11.2 Å². The number of hydrogen-bond acceptors (Lipinski definition) is 2. The lowest BCUT2D eigenvalue weighted by Gasteiger charge is -2.31. The van der Waals surface area contributed by atoms with Crippen LogP contribution in [0.25, 0.3) is 0 Å². The maximum atomic E-state index is 13.4. The molecule has 0 saturated carbocycles. The second-order valence-corrected chi connectivity index (χ2v) is 4.78. The fraction of sp³-hybridized carbons (Fsp3) is 0.500. The quantitative estimate of drug-likeness (QED) is 0.804. The van der Waals surface area contributed by atoms with Crippen molar-refractivity contribution in [2.24, 2.45) is 11.1 Å². The first-order valence-corrected chi connectivity index (χ1v) is 5.16. The molecule has 3 heteroatoms. The molecule has 0 amide bonds. The highest BCUT2D eigenvalue weighted by molar-refractivity contribution is 5.45. The van der Waals surface area contributed by atoms with E-state index in [4.69, 9.17) is 5.73 Å². The van der Waals surface area contributed by atoms with E-state index in [1.54, 1.807) is 12.1 Å². The predicted octanol–water partition coefficient (Wildman–Crippen LogP) is 2.61. The molecule has 3 N–H and O–H groups in total. The molecule has 84 valence electrons. The number of benzene rings is 1. The lowest BCUT2D eigenvalue weighted by atomic mass is 9.86. The van der Waals surface area contributed by atoms with Gasteiger partial charge in [-0.1, -0.05) is 32.9 Å². The van der Waals surface area contributed by atoms with E-state index in [0.29, 0.717) is 12.2 Å². The molecule has 0 fully saturated rings. The van der Waals surface area contributed by atoms with Crippen LogP contribution in [0.2, 0.25) is 0 Å². The van der Waals surface area contributed by atoms with Crippen LogP contribution < -0.4 is 11.1 Å². The molecule has 1 aromatic rings. The normalized spacial score (nSPS) is 13.7. The van der Waals surface area contributed by atoms with Crippen molar-refractivity contribution < 1.29 is 4.39 Å². The van der Waals surface area contributed by atoms with E-state index in [-0.39, 0.29) is 17.3 Å². The van der Waals surface area contributed by atoms with Gasteiger partial charge in [0.1, 0.15) is 5.82 Å². The summed E-state index contributed by atoms with van der Waals surface area (Å²) in [4.78, 5) is 0. The molecule has 0 aliphatic heterocycles. The Morgan fingerprint density at radius 3 is 2.40 bits per heavy atom. The molecule has 0 aliphatic rings. The van der Waals surface area contributed by atoms with Gasteiger partial charge in [-0.2, -0.15) is 0 Å². The van der Waals surface area contributed by atoms with Crippen molar-refractivity contribution >= 4 is 5.69 Å². The van der Waals surface area contributed by atoms with Crippen LogP contribution in [0.4, 0.5) is 10.1 Å². The molecule has 0 aromatic heterocycles. The van der Waals surface area contributed by atoms with Crippen LogP contribution in [-0.2, 0) is 0 Å². The standard InChI is InChI=1S/C12H19FN2/c1-12(2,3)11(8-14)15-10-7-5-4-6-9(10)13/h4-7,11,15H,8,14H2,1-3H3. The number of anilines is 1. The second kappa shape index (κ2) is 4.62. The van der Waals surface area contributed by atoms with Gasteiger partial charge in [0, 0.05) is 12.6 Å². The Hall–Kier alpha value is -1.09. The largest absolute Gasteiger partial charge is 0.378 e. The van der Waals surface area contributed by atoms with Gasteiger partial charge < -0.3 is 11.1 Å². The predicted molar refractivity (Wildman–Crippen MR) is 62.3 cm³/mol. The average molecular weight is 210 g/mol. The van der Waals surface area contributed by atoms with Crippen LogP contribution in [0.5, 0.6) is 0 Å². The smallest absolute Gasteiger partial charge is 0.146 e. The van der Waals surface area contributed by atoms with Gasteiger partial charge in [0.05, 0.1) is 5.69 Å². The molecule has 1 aromatic carbocycles. The molecule has 0 radical (unpaired) electrons. The van der Waals surface area contributed by atoms with Gasteiger partial charge >= 0.3 is 0 Å². The van der Waals surface area contributed by atoms with E-state index in [0.717, 1.165) is 0 Å². The van der Waals surface area contributed by atoms with Crippen LogP contribution in [-0.4, -0.2) is 12.6 Å². The summed E-state index contributed by atoms with van der Waals surface area (Å²) < 4.78 is 13.4. The Bertz CT molecular complexity index is 318. The molecule has 0 spiro atoms. The zero-order valence-electron chi connectivity index (χ0n) is 9.55. The number of nitrogens with two attached hydrogens (primary N) is 1. The van der Waals surface area contributed by atoms with E-state index >= 15 is 0 Å². The molecule has 0 heterocycles. The first kappa shape index (κ1) is 12.0. The summed E-state index contributed by atoms with van der Waals surface area (Å²) in [5.41, 5.74) is 6.20. The highest BCUT2D eigenvalue weighted by Crippen LogP contribution is 2.23. The van der Waals surface area contributed by atoms with E-state index in [1.807, 2.05) is 6.07 Å². The Morgan fingerprint density at radius 2 is 1.93 bits per heavy atom. The lowest BCUT2D eigenvalue weighted by Crippen LogP contribution is -2.40. The van der Waals surface area contributed by atoms with Gasteiger partial charge in [0.15, 0.2) is 0 Å². The van der Waals surface area contributed by atoms with Gasteiger partial charge in [-0.25, -0.2) is 4.39 Å². The van der Waals surface area contributed by atoms with Crippen LogP contribution in [0.3, 0.4) is 0 Å². The zero-order valence-corrected chi connectivity index (χ0v) is 9.55. The second-order valence-electron chi connectivity index (χ2n) is 4.78. The highest BCUT2D eigenvalue weighted by Gasteiger charge is 2.23. The fourth-order valence-electron chi connectivity index (χ4n) is 1.39. The third-order valence-electron chi connectivity index (χ3n) is 2.48. The third-order valence-corrected chi connectivity index (χ3v) is 2.48. The molecule has 15 heavy (non-hydrogen) atoms. The van der Waals surface area contributed by atoms with Gasteiger partial charge in [-0.15, -0.1) is 0 Å². The maximum Gasteiger partial charge on any atom is 0.146 e. The monoisotopic (exact) mass is 210 g/mol. The van der Waals surface area contributed by atoms with Crippen molar-refractivity contribution in [3.8, 4) is 0 Å². The van der Waals surface area contributed by atoms with E-state index in [9.17, 15) is 4.39 Å². The minimum atomic E-state index is -0.236. The maximum absolute atomic E-state index is 13.4. The summed E-state index contributed by atoms with van der Waals surface area (Å²) in [6, 6.07) is 6.72. The van der Waals surface area contributed by atoms with E-state index in [2.05, 4.69) is 26.1 Å². The molecule has 0 bridgehead atoms. The molecule has 1 atom stereocenters. The minimum Gasteiger partial charge on any atom is -0.378 e. The van der Waals surface area contributed by atoms with Gasteiger partial charge in [-0.3, -0.25) is 0 Å². The SMILES string of the molecule is CC(C)(C)C(CN)Nc1ccccc1F. The fourth-order valence-corrected chi connectivity index (χ4v) is 1.39. The summed E-state index contributed by atoms with van der Waals surface area (Å²) in [5, 5.41) is 3.14. The Labute approximate surface area is 90.7 Å². The number of hydrogen-bond donors (Lipinski definition) is 2. The average Bonchev–Trinajstić information content (AvgIpc) is 2.14. The summed E-state index contributed by atoms with van der Waals surface area (Å²) in [5.74, 6) is -0.236. The lowest BCUT2D eigenvalue weighted by molar-refractivity contribution is 0.345. The number of para-hydroxylation sites is 1. The molecule has 0 saturated heterocycles. The van der Waals surface area contributed by atoms with Gasteiger partial charge in [-0.05, 0) is 17.5 Å². The van der Waals surface area contributed by atoms with Crippen molar-refractivity contribution in [1.82, 2.24) is 0 Å². The van der Waals surface area contributed by atoms with Crippen LogP contribution >= 0.6 is 0 Å². The van der Waals surface area contributed by atoms with Crippen molar-refractivity contribution in [2.45, 2.75) is 26.8 Å². The Kier molecular flexibility index (Phi) is 3.69. The molecular formula is C12H19FN2. The summed E-state index contributed by atoms with van der Waals surface area (Å²) in [7, 11) is 0. The van der Waals surface area contributed by atoms with Crippen molar-refractivity contribution in [3.05, 3.63) is 30.1 Å². The van der Waals surface area contributed by atoms with E-state index < -0.39 is 0 Å². The zero-order chi connectivity index (χ0) is 11.5. The first-order chi connectivity index (χ1) is 6.95. The number of rotatable bonds is 3. The molecular weight excluding hydrogens is 191 g/mol. The van der Waals surface area contributed by atoms with Gasteiger partial charge in [0.25, 0.3) is 0 Å². The van der Waals surface area contributed by atoms with Gasteiger partial charge in [0.2, 0.25) is 0 Å². The molecule has 1 rings (SSSR count). The highest BCUT2D eigenvalue weighted by atomic mass is 19.1. The number of nitrogens with one attached hydrogen (secondary N) is 1. The summed E-state index contributed by atoms with van der Waals surface area (Å²) in [6.45, 7) is 6.73. The summed E-state index contributed by atoms with van der Waals surface area (Å²) in [6.07, 6.45) is 0. The van der Waals surface area contributed by atoms with Crippen molar-refractivity contribution in [1.29, 1.82) is 0 Å². The van der Waals surface area contributed by atoms with E-state index in [1.165, 1.54) is 6.07 Å². The van der Waals surface area contributed by atoms with Crippen LogP contribution in [0.15, 0.2) is 24.3 Å². The Morgan fingerprint density at radius 1 is 1.33 bits per heavy atom. The van der Waals surface area contributed by atoms with Crippen molar-refractivity contribution in [2.75, 3.05) is 11.9 Å². The number of halogens is 1. The molecule has 1 unspecified atom stereocenters. The third kappa shape index (κ3) is 3.20.